The van der Waals surface area contributed by atoms with E-state index in [0.29, 0.717) is 6.42 Å². The molecule has 0 spiro atoms. The maximum Gasteiger partial charge on any atom is 0.157 e. The molecule has 2 rings (SSSR count). The lowest BCUT2D eigenvalue weighted by atomic mass is 10.0. The van der Waals surface area contributed by atoms with Gasteiger partial charge in [-0.3, -0.25) is 4.99 Å². The van der Waals surface area contributed by atoms with E-state index >= 15 is 0 Å². The quantitative estimate of drug-likeness (QED) is 0.666. The van der Waals surface area contributed by atoms with Crippen LogP contribution < -0.4 is 5.32 Å². The lowest BCUT2D eigenvalue weighted by Crippen LogP contribution is -2.53. The summed E-state index contributed by atoms with van der Waals surface area (Å²) in [6.07, 6.45) is -1.88. The number of rotatable bonds is 2. The molecular weight excluding hydrogens is 251 g/mol. The Balaban J connectivity index is 2.09. The summed E-state index contributed by atoms with van der Waals surface area (Å²) in [4.78, 5) is 4.00. The average Bonchev–Trinajstić information content (AvgIpc) is 2.69. The number of hydrogen-bond acceptors (Lipinski definition) is 5. The van der Waals surface area contributed by atoms with Gasteiger partial charge in [-0.25, -0.2) is 4.39 Å². The number of nitrogens with zero attached hydrogens (tertiary/aromatic N) is 1. The molecule has 0 radical (unpaired) electrons. The minimum atomic E-state index is -1.30. The largest absolute Gasteiger partial charge is 0.396 e. The van der Waals surface area contributed by atoms with Crippen molar-refractivity contribution < 1.29 is 14.6 Å². The summed E-state index contributed by atoms with van der Waals surface area (Å²) in [7, 11) is 1.66. The zero-order valence-corrected chi connectivity index (χ0v) is 10.5. The summed E-state index contributed by atoms with van der Waals surface area (Å²) < 4.78 is 14.0. The molecule has 0 saturated carbocycles. The zero-order valence-electron chi connectivity index (χ0n) is 8.84. The van der Waals surface area contributed by atoms with Crippen molar-refractivity contribution in [3.8, 4) is 0 Å². The number of nitrogens with one attached hydrogen (secondary N) is 1. The highest BCUT2D eigenvalue weighted by Gasteiger charge is 2.49. The molecular formula is C9H15FN2O2S2. The Hall–Kier alpha value is 0.0200. The van der Waals surface area contributed by atoms with Crippen molar-refractivity contribution in [3.63, 3.8) is 0 Å². The predicted molar refractivity (Wildman–Crippen MR) is 65.6 cm³/mol. The third-order valence-electron chi connectivity index (χ3n) is 2.79. The van der Waals surface area contributed by atoms with Gasteiger partial charge in [0.05, 0.1) is 16.7 Å². The van der Waals surface area contributed by atoms with Crippen LogP contribution in [0.3, 0.4) is 0 Å². The van der Waals surface area contributed by atoms with E-state index in [1.54, 1.807) is 7.05 Å². The van der Waals surface area contributed by atoms with Crippen LogP contribution in [0.1, 0.15) is 6.42 Å². The Labute approximate surface area is 102 Å². The molecule has 0 unspecified atom stereocenters. The molecule has 2 aliphatic heterocycles. The van der Waals surface area contributed by atoms with Crippen molar-refractivity contribution in [2.24, 2.45) is 4.99 Å². The molecule has 7 heteroatoms. The van der Waals surface area contributed by atoms with Crippen LogP contribution in [0.25, 0.3) is 0 Å². The summed E-state index contributed by atoms with van der Waals surface area (Å²) in [5, 5.41) is 22.1. The molecule has 4 nitrogen and oxygen atoms in total. The van der Waals surface area contributed by atoms with Gasteiger partial charge in [-0.1, -0.05) is 11.8 Å². The molecule has 0 aromatic rings. The van der Waals surface area contributed by atoms with E-state index in [9.17, 15) is 9.50 Å². The number of fused-ring (bicyclic) bond motifs is 1. The highest BCUT2D eigenvalue weighted by Crippen LogP contribution is 2.44. The maximum atomic E-state index is 13.9. The average molecular weight is 266 g/mol. The third-order valence-corrected chi connectivity index (χ3v) is 5.88. The van der Waals surface area contributed by atoms with Gasteiger partial charge in [0, 0.05) is 18.9 Å². The Morgan fingerprint density at radius 1 is 1.56 bits per heavy atom. The van der Waals surface area contributed by atoms with Crippen LogP contribution in [0.4, 0.5) is 4.39 Å². The van der Waals surface area contributed by atoms with Gasteiger partial charge in [0.1, 0.15) is 6.17 Å². The van der Waals surface area contributed by atoms with Crippen molar-refractivity contribution >= 4 is 28.7 Å². The molecule has 16 heavy (non-hydrogen) atoms. The van der Waals surface area contributed by atoms with Crippen LogP contribution in [0.2, 0.25) is 0 Å². The van der Waals surface area contributed by atoms with E-state index in [1.165, 1.54) is 23.5 Å². The predicted octanol–water partition coefficient (Wildman–Crippen LogP) is 0.200. The fourth-order valence-electron chi connectivity index (χ4n) is 1.92. The number of aliphatic hydroxyl groups excluding tert-OH is 2. The minimum Gasteiger partial charge on any atom is -0.396 e. The van der Waals surface area contributed by atoms with Gasteiger partial charge in [0.2, 0.25) is 0 Å². The van der Waals surface area contributed by atoms with Gasteiger partial charge in [-0.05, 0) is 6.42 Å². The lowest BCUT2D eigenvalue weighted by molar-refractivity contribution is 0.0497. The van der Waals surface area contributed by atoms with Gasteiger partial charge in [0.15, 0.2) is 5.17 Å². The van der Waals surface area contributed by atoms with Gasteiger partial charge < -0.3 is 15.5 Å². The second kappa shape index (κ2) is 5.12. The molecule has 0 aromatic heterocycles. The minimum absolute atomic E-state index is 0.0222. The Kier molecular flexibility index (Phi) is 3.99. The van der Waals surface area contributed by atoms with Crippen molar-refractivity contribution in [1.82, 2.24) is 5.32 Å². The van der Waals surface area contributed by atoms with E-state index in [-0.39, 0.29) is 22.5 Å². The Morgan fingerprint density at radius 3 is 2.94 bits per heavy atom. The first-order valence-electron chi connectivity index (χ1n) is 5.15. The van der Waals surface area contributed by atoms with E-state index < -0.39 is 12.3 Å². The number of aliphatic imine (C=N–C) groups is 1. The van der Waals surface area contributed by atoms with Gasteiger partial charge >= 0.3 is 0 Å². The van der Waals surface area contributed by atoms with Crippen molar-refractivity contribution in [3.05, 3.63) is 0 Å². The van der Waals surface area contributed by atoms with Crippen molar-refractivity contribution in [2.45, 2.75) is 34.6 Å². The number of hydrogen-bond donors (Lipinski definition) is 3. The summed E-state index contributed by atoms with van der Waals surface area (Å²) in [5.41, 5.74) is 0. The molecule has 0 aromatic carbocycles. The zero-order chi connectivity index (χ0) is 11.7. The Bertz CT molecular complexity index is 293. The number of amidine groups is 1. The molecule has 2 saturated heterocycles. The molecule has 0 aliphatic carbocycles. The first kappa shape index (κ1) is 12.5. The smallest absolute Gasteiger partial charge is 0.157 e. The maximum absolute atomic E-state index is 13.9. The summed E-state index contributed by atoms with van der Waals surface area (Å²) >= 11 is 3.03. The highest BCUT2D eigenvalue weighted by atomic mass is 32.2. The van der Waals surface area contributed by atoms with Crippen LogP contribution in [0, 0.1) is 0 Å². The first-order valence-corrected chi connectivity index (χ1v) is 6.98. The number of halogens is 1. The van der Waals surface area contributed by atoms with Crippen LogP contribution in [0.5, 0.6) is 0 Å². The van der Waals surface area contributed by atoms with Gasteiger partial charge in [-0.15, -0.1) is 11.8 Å². The van der Waals surface area contributed by atoms with E-state index in [0.717, 1.165) is 5.17 Å². The van der Waals surface area contributed by atoms with Gasteiger partial charge in [0.25, 0.3) is 0 Å². The molecule has 0 amide bonds. The fraction of sp³-hybridized carbons (Fsp3) is 0.889. The summed E-state index contributed by atoms with van der Waals surface area (Å²) in [5.74, 6) is 0. The molecule has 2 heterocycles. The van der Waals surface area contributed by atoms with Crippen molar-refractivity contribution in [2.75, 3.05) is 13.7 Å². The molecule has 0 bridgehead atoms. The molecule has 92 valence electrons. The second-order valence-corrected chi connectivity index (χ2v) is 6.62. The van der Waals surface area contributed by atoms with Crippen molar-refractivity contribution in [1.29, 1.82) is 0 Å². The highest BCUT2D eigenvalue weighted by molar-refractivity contribution is 8.25. The van der Waals surface area contributed by atoms with Crippen LogP contribution >= 0.6 is 23.5 Å². The summed E-state index contributed by atoms with van der Waals surface area (Å²) in [6, 6.07) is -0.376. The number of thioether (sulfide) groups is 2. The van der Waals surface area contributed by atoms with Gasteiger partial charge in [-0.2, -0.15) is 0 Å². The van der Waals surface area contributed by atoms with E-state index in [2.05, 4.69) is 10.3 Å². The Morgan fingerprint density at radius 2 is 2.31 bits per heavy atom. The molecule has 2 fully saturated rings. The number of alkyl halides is 1. The van der Waals surface area contributed by atoms with Crippen LogP contribution in [0.15, 0.2) is 4.99 Å². The van der Waals surface area contributed by atoms with E-state index in [1.807, 2.05) is 0 Å². The first-order chi connectivity index (χ1) is 7.67. The van der Waals surface area contributed by atoms with E-state index in [4.69, 9.17) is 5.11 Å². The third kappa shape index (κ3) is 2.18. The molecule has 2 aliphatic rings. The standard InChI is InChI=1S/C9H15FN2O2S2/c1-11-9-12-6-5(10)7(14)4(2-3-13)15-8(6)16-9/h4-8,13-14H,2-3H2,1H3,(H,11,12)/t4-,5-,6-,7-,8-/m1/s1. The lowest BCUT2D eigenvalue weighted by Gasteiger charge is -2.36. The second-order valence-electron chi connectivity index (χ2n) is 3.81. The SMILES string of the molecule is CN=C1N[C@H]2[C@@H](S1)S[C@H](CCO)[C@@H](O)[C@@H]2F. The van der Waals surface area contributed by atoms with Crippen LogP contribution in [-0.4, -0.2) is 57.2 Å². The van der Waals surface area contributed by atoms with Crippen LogP contribution in [-0.2, 0) is 0 Å². The molecule has 3 N–H and O–H groups in total. The topological polar surface area (TPSA) is 64.9 Å². The number of aliphatic hydroxyl groups is 2. The molecule has 5 atom stereocenters. The fourth-order valence-corrected chi connectivity index (χ4v) is 5.03. The monoisotopic (exact) mass is 266 g/mol. The normalized spacial score (nSPS) is 45.5. The summed E-state index contributed by atoms with van der Waals surface area (Å²) in [6.45, 7) is -0.0222.